The van der Waals surface area contributed by atoms with Gasteiger partial charge in [-0.2, -0.15) is 0 Å². The van der Waals surface area contributed by atoms with Gasteiger partial charge in [-0.05, 0) is 12.1 Å². The number of aromatic nitrogens is 2. The van der Waals surface area contributed by atoms with Crippen LogP contribution in [0, 0.1) is 40.4 Å². The second-order valence-electron chi connectivity index (χ2n) is 3.22. The predicted molar refractivity (Wildman–Crippen MR) is 57.0 cm³/mol. The van der Waals surface area contributed by atoms with Crippen molar-refractivity contribution < 1.29 is 40.4 Å². The Hall–Kier alpha value is -0.622. The van der Waals surface area contributed by atoms with Crippen molar-refractivity contribution in [3.63, 3.8) is 0 Å². The molecule has 0 radical (unpaired) electrons. The van der Waals surface area contributed by atoms with E-state index in [1.165, 1.54) is 0 Å². The van der Waals surface area contributed by atoms with Crippen molar-refractivity contribution in [2.45, 2.75) is 0 Å². The molecule has 2 aromatic heterocycles. The van der Waals surface area contributed by atoms with Crippen LogP contribution in [-0.4, -0.2) is 9.97 Å². The average Bonchev–Trinajstić information content (AvgIpc) is 2.29. The third-order valence-electron chi connectivity index (χ3n) is 2.34. The van der Waals surface area contributed by atoms with Crippen molar-refractivity contribution in [3.05, 3.63) is 48.8 Å². The van der Waals surface area contributed by atoms with E-state index in [2.05, 4.69) is 34.2 Å². The maximum absolute atomic E-state index is 4.35. The molecule has 0 saturated carbocycles. The van der Waals surface area contributed by atoms with Gasteiger partial charge in [0.2, 0.25) is 0 Å². The molecule has 3 aromatic rings. The quantitative estimate of drug-likeness (QED) is 0.592. The molecule has 0 saturated heterocycles. The minimum Gasteiger partial charge on any atom is -0.254 e. The summed E-state index contributed by atoms with van der Waals surface area (Å²) >= 11 is 0. The van der Waals surface area contributed by atoms with Crippen LogP contribution in [0.25, 0.3) is 21.8 Å². The summed E-state index contributed by atoms with van der Waals surface area (Å²) in [5, 5.41) is 2.28. The zero-order valence-corrected chi connectivity index (χ0v) is 10.5. The van der Waals surface area contributed by atoms with E-state index in [4.69, 9.17) is 0 Å². The Labute approximate surface area is 120 Å². The molecule has 3 rings (SSSR count). The summed E-state index contributed by atoms with van der Waals surface area (Å²) in [7, 11) is 0. The Kier molecular flexibility index (Phi) is 3.25. The predicted octanol–water partition coefficient (Wildman–Crippen LogP) is 2.78. The van der Waals surface area contributed by atoms with Crippen molar-refractivity contribution in [3.8, 4) is 0 Å². The van der Waals surface area contributed by atoms with Crippen molar-refractivity contribution in [2.75, 3.05) is 0 Å². The van der Waals surface area contributed by atoms with Gasteiger partial charge >= 0.3 is 0 Å². The number of fused-ring (bicyclic) bond motifs is 3. The Bertz CT molecular complexity index is 553. The molecule has 0 aliphatic carbocycles. The minimum atomic E-state index is 0. The van der Waals surface area contributed by atoms with Crippen molar-refractivity contribution in [1.29, 1.82) is 0 Å². The molecule has 0 unspecified atom stereocenters. The molecule has 0 spiro atoms. The topological polar surface area (TPSA) is 25.8 Å². The van der Waals surface area contributed by atoms with Gasteiger partial charge in [-0.15, -0.1) is 0 Å². The maximum Gasteiger partial charge on any atom is 0.0964 e. The molecule has 1 aromatic carbocycles. The molecular formula is C12H8N2Sm. The Morgan fingerprint density at radius 2 is 1.13 bits per heavy atom. The normalized spacial score (nSPS) is 10.1. The third-order valence-corrected chi connectivity index (χ3v) is 2.34. The average molecular weight is 331 g/mol. The summed E-state index contributed by atoms with van der Waals surface area (Å²) in [4.78, 5) is 8.69. The molecule has 0 N–H and O–H groups in total. The van der Waals surface area contributed by atoms with Crippen LogP contribution in [-0.2, 0) is 0 Å². The van der Waals surface area contributed by atoms with E-state index in [1.54, 1.807) is 12.4 Å². The van der Waals surface area contributed by atoms with Gasteiger partial charge in [-0.25, -0.2) is 0 Å². The van der Waals surface area contributed by atoms with Crippen molar-refractivity contribution in [2.24, 2.45) is 0 Å². The van der Waals surface area contributed by atoms with Gasteiger partial charge in [0, 0.05) is 63.6 Å². The molecule has 0 aliphatic rings. The van der Waals surface area contributed by atoms with Crippen LogP contribution in [0.4, 0.5) is 0 Å². The summed E-state index contributed by atoms with van der Waals surface area (Å²) in [5.41, 5.74) is 1.95. The van der Waals surface area contributed by atoms with Gasteiger partial charge < -0.3 is 0 Å². The molecule has 0 bridgehead atoms. The third kappa shape index (κ3) is 1.88. The number of rotatable bonds is 0. The van der Waals surface area contributed by atoms with Gasteiger partial charge in [-0.1, -0.05) is 24.3 Å². The number of hydrogen-bond donors (Lipinski definition) is 0. The Balaban J connectivity index is 0.000000853. The van der Waals surface area contributed by atoms with Crippen LogP contribution in [0.15, 0.2) is 48.8 Å². The summed E-state index contributed by atoms with van der Waals surface area (Å²) in [5.74, 6) is 0. The fourth-order valence-corrected chi connectivity index (χ4v) is 1.68. The molecule has 72 valence electrons. The molecule has 15 heavy (non-hydrogen) atoms. The summed E-state index contributed by atoms with van der Waals surface area (Å²) in [6.07, 6.45) is 3.60. The van der Waals surface area contributed by atoms with E-state index in [0.29, 0.717) is 0 Å². The molecule has 2 nitrogen and oxygen atoms in total. The Morgan fingerprint density at radius 3 is 1.60 bits per heavy atom. The largest absolute Gasteiger partial charge is 0.254 e. The van der Waals surface area contributed by atoms with Crippen LogP contribution < -0.4 is 0 Å². The smallest absolute Gasteiger partial charge is 0.0964 e. The monoisotopic (exact) mass is 332 g/mol. The molecule has 0 amide bonds. The molecule has 0 atom stereocenters. The van der Waals surface area contributed by atoms with E-state index in [9.17, 15) is 0 Å². The van der Waals surface area contributed by atoms with Crippen molar-refractivity contribution in [1.82, 2.24) is 9.97 Å². The number of pyridine rings is 2. The zero-order chi connectivity index (χ0) is 9.38. The first-order valence-corrected chi connectivity index (χ1v) is 4.53. The Morgan fingerprint density at radius 1 is 0.667 bits per heavy atom. The molecule has 2 heterocycles. The standard InChI is InChI=1S/C12H8N2.Sm/c1-3-9-5-6-10-4-2-8-14-12(10)11(9)13-7-1;/h1-8H;. The van der Waals surface area contributed by atoms with E-state index in [-0.39, 0.29) is 40.4 Å². The van der Waals surface area contributed by atoms with Gasteiger partial charge in [0.25, 0.3) is 0 Å². The van der Waals surface area contributed by atoms with Crippen LogP contribution in [0.1, 0.15) is 0 Å². The molecule has 0 aliphatic heterocycles. The molecular weight excluding hydrogens is 323 g/mol. The zero-order valence-electron chi connectivity index (χ0n) is 7.92. The van der Waals surface area contributed by atoms with E-state index in [1.807, 2.05) is 12.1 Å². The van der Waals surface area contributed by atoms with E-state index in [0.717, 1.165) is 21.8 Å². The van der Waals surface area contributed by atoms with Crippen LogP contribution in [0.5, 0.6) is 0 Å². The summed E-state index contributed by atoms with van der Waals surface area (Å²) in [6.45, 7) is 0. The van der Waals surface area contributed by atoms with Gasteiger partial charge in [0.05, 0.1) is 11.0 Å². The molecule has 0 fully saturated rings. The fourth-order valence-electron chi connectivity index (χ4n) is 1.68. The van der Waals surface area contributed by atoms with Gasteiger partial charge in [0.15, 0.2) is 0 Å². The van der Waals surface area contributed by atoms with E-state index >= 15 is 0 Å². The van der Waals surface area contributed by atoms with Gasteiger partial charge in [0.1, 0.15) is 0 Å². The fraction of sp³-hybridized carbons (Fsp3) is 0. The summed E-state index contributed by atoms with van der Waals surface area (Å²) in [6, 6.07) is 12.1. The second-order valence-corrected chi connectivity index (χ2v) is 3.22. The number of nitrogens with zero attached hydrogens (tertiary/aromatic N) is 2. The first-order valence-electron chi connectivity index (χ1n) is 4.53. The number of hydrogen-bond acceptors (Lipinski definition) is 2. The second kappa shape index (κ2) is 4.48. The van der Waals surface area contributed by atoms with E-state index < -0.39 is 0 Å². The maximum atomic E-state index is 4.35. The minimum absolute atomic E-state index is 0. The SMILES string of the molecule is [Sm].c1cnc2c(c1)ccc1cccnc12. The van der Waals surface area contributed by atoms with Crippen LogP contribution in [0.2, 0.25) is 0 Å². The van der Waals surface area contributed by atoms with Crippen LogP contribution >= 0.6 is 0 Å². The van der Waals surface area contributed by atoms with Gasteiger partial charge in [-0.3, -0.25) is 9.97 Å². The summed E-state index contributed by atoms with van der Waals surface area (Å²) < 4.78 is 0. The number of benzene rings is 1. The van der Waals surface area contributed by atoms with Crippen molar-refractivity contribution >= 4 is 21.8 Å². The molecule has 3 heteroatoms. The first-order chi connectivity index (χ1) is 6.95. The first kappa shape index (κ1) is 10.9. The van der Waals surface area contributed by atoms with Crippen LogP contribution in [0.3, 0.4) is 0 Å².